The van der Waals surface area contributed by atoms with Crippen LogP contribution in [0.25, 0.3) is 0 Å². The number of anilines is 1. The van der Waals surface area contributed by atoms with Crippen molar-refractivity contribution in [1.82, 2.24) is 5.32 Å². The molecule has 0 heterocycles. The maximum absolute atomic E-state index is 12.0. The topological polar surface area (TPSA) is 78.4 Å². The molecular weight excluding hydrogens is 268 g/mol. The molecule has 21 heavy (non-hydrogen) atoms. The van der Waals surface area contributed by atoms with Crippen LogP contribution >= 0.6 is 0 Å². The number of rotatable bonds is 7. The third kappa shape index (κ3) is 5.19. The molecule has 1 unspecified atom stereocenters. The molecule has 1 aliphatic rings. The predicted octanol–water partition coefficient (Wildman–Crippen LogP) is 1.46. The Morgan fingerprint density at radius 3 is 2.48 bits per heavy atom. The summed E-state index contributed by atoms with van der Waals surface area (Å²) in [6, 6.07) is 7.35. The van der Waals surface area contributed by atoms with E-state index in [9.17, 15) is 9.59 Å². The monoisotopic (exact) mass is 290 g/mol. The SMILES string of the molecule is CC(=O)Nc1ccc(CC(=O)NC(CCO)C2CC2)cc1. The van der Waals surface area contributed by atoms with Crippen LogP contribution in [0.4, 0.5) is 5.69 Å². The van der Waals surface area contributed by atoms with Gasteiger partial charge in [0.2, 0.25) is 11.8 Å². The van der Waals surface area contributed by atoms with Crippen molar-refractivity contribution < 1.29 is 14.7 Å². The van der Waals surface area contributed by atoms with Crippen LogP contribution < -0.4 is 10.6 Å². The summed E-state index contributed by atoms with van der Waals surface area (Å²) >= 11 is 0. The molecule has 114 valence electrons. The van der Waals surface area contributed by atoms with Crippen molar-refractivity contribution in [3.63, 3.8) is 0 Å². The smallest absolute Gasteiger partial charge is 0.224 e. The molecule has 0 bridgehead atoms. The Balaban J connectivity index is 1.85. The molecule has 0 radical (unpaired) electrons. The molecule has 0 saturated heterocycles. The largest absolute Gasteiger partial charge is 0.396 e. The van der Waals surface area contributed by atoms with Crippen molar-refractivity contribution in [2.45, 2.75) is 38.6 Å². The Kier molecular flexibility index (Phi) is 5.33. The van der Waals surface area contributed by atoms with Crippen LogP contribution in [0.1, 0.15) is 31.7 Å². The first kappa shape index (κ1) is 15.5. The minimum absolute atomic E-state index is 0.0207. The van der Waals surface area contributed by atoms with Gasteiger partial charge in [0.25, 0.3) is 0 Å². The minimum Gasteiger partial charge on any atom is -0.396 e. The lowest BCUT2D eigenvalue weighted by Crippen LogP contribution is -2.38. The van der Waals surface area contributed by atoms with Crippen LogP contribution in [0.15, 0.2) is 24.3 Å². The van der Waals surface area contributed by atoms with Crippen LogP contribution in [0.2, 0.25) is 0 Å². The molecule has 2 amide bonds. The molecule has 1 aromatic carbocycles. The third-order valence-electron chi connectivity index (χ3n) is 3.62. The summed E-state index contributed by atoms with van der Waals surface area (Å²) in [5.74, 6) is 0.396. The van der Waals surface area contributed by atoms with Gasteiger partial charge in [-0.3, -0.25) is 9.59 Å². The zero-order valence-electron chi connectivity index (χ0n) is 12.3. The van der Waals surface area contributed by atoms with Gasteiger partial charge in [0, 0.05) is 25.3 Å². The van der Waals surface area contributed by atoms with Gasteiger partial charge in [0.05, 0.1) is 6.42 Å². The number of aliphatic hydroxyl groups is 1. The van der Waals surface area contributed by atoms with E-state index in [-0.39, 0.29) is 24.5 Å². The average molecular weight is 290 g/mol. The van der Waals surface area contributed by atoms with Gasteiger partial charge in [0.15, 0.2) is 0 Å². The van der Waals surface area contributed by atoms with Crippen LogP contribution in [0.5, 0.6) is 0 Å². The highest BCUT2D eigenvalue weighted by molar-refractivity contribution is 5.88. The molecule has 2 rings (SSSR count). The van der Waals surface area contributed by atoms with E-state index in [1.807, 2.05) is 12.1 Å². The lowest BCUT2D eigenvalue weighted by atomic mass is 10.1. The molecule has 1 saturated carbocycles. The number of carbonyl (C=O) groups excluding carboxylic acids is 2. The lowest BCUT2D eigenvalue weighted by molar-refractivity contribution is -0.121. The number of nitrogens with one attached hydrogen (secondary N) is 2. The normalized spacial score (nSPS) is 15.3. The fraction of sp³-hybridized carbons (Fsp3) is 0.500. The lowest BCUT2D eigenvalue weighted by Gasteiger charge is -2.17. The molecule has 1 atom stereocenters. The second-order valence-corrected chi connectivity index (χ2v) is 5.58. The second-order valence-electron chi connectivity index (χ2n) is 5.58. The summed E-state index contributed by atoms with van der Waals surface area (Å²) in [5, 5.41) is 14.7. The molecule has 3 N–H and O–H groups in total. The van der Waals surface area contributed by atoms with Crippen molar-refractivity contribution in [3.05, 3.63) is 29.8 Å². The number of aliphatic hydroxyl groups excluding tert-OH is 1. The molecule has 5 nitrogen and oxygen atoms in total. The number of benzene rings is 1. The molecule has 0 aromatic heterocycles. The summed E-state index contributed by atoms with van der Waals surface area (Å²) in [6.45, 7) is 1.56. The van der Waals surface area contributed by atoms with E-state index >= 15 is 0 Å². The fourth-order valence-electron chi connectivity index (χ4n) is 2.42. The Morgan fingerprint density at radius 1 is 1.29 bits per heavy atom. The molecule has 1 aliphatic carbocycles. The number of carbonyl (C=O) groups is 2. The van der Waals surface area contributed by atoms with Crippen molar-refractivity contribution >= 4 is 17.5 Å². The number of hydrogen-bond donors (Lipinski definition) is 3. The Bertz CT molecular complexity index is 495. The van der Waals surface area contributed by atoms with Gasteiger partial charge < -0.3 is 15.7 Å². The van der Waals surface area contributed by atoms with E-state index < -0.39 is 0 Å². The summed E-state index contributed by atoms with van der Waals surface area (Å²) in [6.07, 6.45) is 3.21. The van der Waals surface area contributed by atoms with Crippen LogP contribution in [-0.4, -0.2) is 29.6 Å². The maximum atomic E-state index is 12.0. The Labute approximate surface area is 124 Å². The number of amides is 2. The third-order valence-corrected chi connectivity index (χ3v) is 3.62. The van der Waals surface area contributed by atoms with Crippen LogP contribution in [0, 0.1) is 5.92 Å². The summed E-state index contributed by atoms with van der Waals surface area (Å²) in [7, 11) is 0. The van der Waals surface area contributed by atoms with Gasteiger partial charge in [-0.15, -0.1) is 0 Å². The maximum Gasteiger partial charge on any atom is 0.224 e. The van der Waals surface area contributed by atoms with Crippen molar-refractivity contribution in [2.75, 3.05) is 11.9 Å². The zero-order valence-corrected chi connectivity index (χ0v) is 12.3. The van der Waals surface area contributed by atoms with Gasteiger partial charge in [-0.25, -0.2) is 0 Å². The van der Waals surface area contributed by atoms with E-state index in [4.69, 9.17) is 5.11 Å². The van der Waals surface area contributed by atoms with E-state index in [0.29, 0.717) is 18.8 Å². The predicted molar refractivity (Wildman–Crippen MR) is 80.8 cm³/mol. The highest BCUT2D eigenvalue weighted by atomic mass is 16.3. The van der Waals surface area contributed by atoms with Gasteiger partial charge in [-0.1, -0.05) is 12.1 Å². The van der Waals surface area contributed by atoms with Crippen molar-refractivity contribution in [3.8, 4) is 0 Å². The highest BCUT2D eigenvalue weighted by Crippen LogP contribution is 2.33. The number of hydrogen-bond acceptors (Lipinski definition) is 3. The second kappa shape index (κ2) is 7.22. The molecule has 5 heteroatoms. The standard InChI is InChI=1S/C16H22N2O3/c1-11(20)17-14-6-2-12(3-7-14)10-16(21)18-15(8-9-19)13-4-5-13/h2-3,6-7,13,15,19H,4-5,8-10H2,1H3,(H,17,20)(H,18,21). The molecule has 1 fully saturated rings. The molecule has 0 spiro atoms. The van der Waals surface area contributed by atoms with Gasteiger partial charge in [-0.2, -0.15) is 0 Å². The van der Waals surface area contributed by atoms with E-state index in [0.717, 1.165) is 24.1 Å². The zero-order chi connectivity index (χ0) is 15.2. The van der Waals surface area contributed by atoms with Crippen LogP contribution in [0.3, 0.4) is 0 Å². The molecular formula is C16H22N2O3. The summed E-state index contributed by atoms with van der Waals surface area (Å²) in [4.78, 5) is 23.0. The van der Waals surface area contributed by atoms with Crippen molar-refractivity contribution in [2.24, 2.45) is 5.92 Å². The van der Waals surface area contributed by atoms with E-state index in [1.165, 1.54) is 6.92 Å². The quantitative estimate of drug-likeness (QED) is 0.711. The minimum atomic E-state index is -0.114. The molecule has 1 aromatic rings. The van der Waals surface area contributed by atoms with E-state index in [1.54, 1.807) is 12.1 Å². The first-order valence-corrected chi connectivity index (χ1v) is 7.35. The van der Waals surface area contributed by atoms with Gasteiger partial charge in [0.1, 0.15) is 0 Å². The highest BCUT2D eigenvalue weighted by Gasteiger charge is 2.31. The van der Waals surface area contributed by atoms with Crippen LogP contribution in [-0.2, 0) is 16.0 Å². The average Bonchev–Trinajstić information content (AvgIpc) is 3.24. The van der Waals surface area contributed by atoms with Crippen molar-refractivity contribution in [1.29, 1.82) is 0 Å². The Morgan fingerprint density at radius 2 is 1.95 bits per heavy atom. The van der Waals surface area contributed by atoms with Gasteiger partial charge in [-0.05, 0) is 42.9 Å². The molecule has 0 aliphatic heterocycles. The first-order valence-electron chi connectivity index (χ1n) is 7.35. The van der Waals surface area contributed by atoms with E-state index in [2.05, 4.69) is 10.6 Å². The first-order chi connectivity index (χ1) is 10.1. The Hall–Kier alpha value is -1.88. The summed E-state index contributed by atoms with van der Waals surface area (Å²) < 4.78 is 0. The fourth-order valence-corrected chi connectivity index (χ4v) is 2.42. The van der Waals surface area contributed by atoms with Gasteiger partial charge >= 0.3 is 0 Å². The summed E-state index contributed by atoms with van der Waals surface area (Å²) in [5.41, 5.74) is 1.63.